The van der Waals surface area contributed by atoms with Gasteiger partial charge in [-0.15, -0.1) is 0 Å². The first-order chi connectivity index (χ1) is 21.9. The second-order valence-electron chi connectivity index (χ2n) is 13.2. The molecule has 2 N–H and O–H groups in total. The number of piperidine rings is 2. The molecule has 2 aromatic carbocycles. The number of carbonyl (C=O) groups excluding carboxylic acids is 3. The van der Waals surface area contributed by atoms with Crippen molar-refractivity contribution < 1.29 is 14.4 Å². The number of amides is 5. The summed E-state index contributed by atoms with van der Waals surface area (Å²) in [7, 11) is 0. The van der Waals surface area contributed by atoms with E-state index in [4.69, 9.17) is 0 Å². The number of anilines is 1. The van der Waals surface area contributed by atoms with Crippen LogP contribution in [0.15, 0.2) is 42.5 Å². The fourth-order valence-corrected chi connectivity index (χ4v) is 7.65. The summed E-state index contributed by atoms with van der Waals surface area (Å²) in [5.74, 6) is 0.0266. The van der Waals surface area contributed by atoms with Crippen molar-refractivity contribution in [3.63, 3.8) is 0 Å². The van der Waals surface area contributed by atoms with Gasteiger partial charge < -0.3 is 30.2 Å². The number of benzene rings is 2. The maximum atomic E-state index is 14.0. The second-order valence-corrected chi connectivity index (χ2v) is 13.2. The number of hydrogen-bond acceptors (Lipinski definition) is 4. The number of urea groups is 2. The van der Waals surface area contributed by atoms with E-state index in [0.717, 1.165) is 74.8 Å². The summed E-state index contributed by atoms with van der Waals surface area (Å²) in [6.45, 7) is 9.97. The number of nitrogens with one attached hydrogen (secondary N) is 2. The molecule has 4 aliphatic heterocycles. The Morgan fingerprint density at radius 2 is 1.53 bits per heavy atom. The molecule has 6 rings (SSSR count). The zero-order valence-electron chi connectivity index (χ0n) is 27.1. The lowest BCUT2D eigenvalue weighted by atomic mass is 9.95. The quantitative estimate of drug-likeness (QED) is 0.452. The molecule has 5 amide bonds. The Morgan fingerprint density at radius 1 is 0.844 bits per heavy atom. The minimum atomic E-state index is -0.608. The number of carbonyl (C=O) groups is 3. The molecule has 0 bridgehead atoms. The molecule has 0 aliphatic carbocycles. The molecule has 45 heavy (non-hydrogen) atoms. The average Bonchev–Trinajstić information content (AvgIpc) is 3.21. The maximum Gasteiger partial charge on any atom is 0.322 e. The number of likely N-dealkylation sites (tertiary alicyclic amines) is 3. The number of aryl methyl sites for hydroxylation is 2. The van der Waals surface area contributed by atoms with Crippen LogP contribution in [0.4, 0.5) is 15.3 Å². The third-order valence-corrected chi connectivity index (χ3v) is 10.6. The first kappa shape index (κ1) is 31.4. The molecule has 2 aromatic rings. The van der Waals surface area contributed by atoms with E-state index in [9.17, 15) is 14.4 Å². The third kappa shape index (κ3) is 7.13. The number of hydrogen-bond donors (Lipinski definition) is 2. The van der Waals surface area contributed by atoms with Crippen molar-refractivity contribution in [3.8, 4) is 0 Å². The van der Waals surface area contributed by atoms with Crippen LogP contribution in [-0.4, -0.2) is 102 Å². The molecule has 3 fully saturated rings. The van der Waals surface area contributed by atoms with Gasteiger partial charge in [0.25, 0.3) is 0 Å². The third-order valence-electron chi connectivity index (χ3n) is 10.6. The second kappa shape index (κ2) is 14.2. The summed E-state index contributed by atoms with van der Waals surface area (Å²) < 4.78 is 0. The number of rotatable bonds is 8. The molecule has 4 heterocycles. The van der Waals surface area contributed by atoms with Crippen LogP contribution in [0.2, 0.25) is 0 Å². The zero-order chi connectivity index (χ0) is 31.3. The van der Waals surface area contributed by atoms with Crippen molar-refractivity contribution in [2.75, 3.05) is 51.1 Å². The van der Waals surface area contributed by atoms with Crippen molar-refractivity contribution in [3.05, 3.63) is 64.7 Å². The predicted molar refractivity (Wildman–Crippen MR) is 177 cm³/mol. The lowest BCUT2D eigenvalue weighted by Gasteiger charge is -2.43. The lowest BCUT2D eigenvalue weighted by Crippen LogP contribution is -2.58. The van der Waals surface area contributed by atoms with Gasteiger partial charge in [0.15, 0.2) is 0 Å². The van der Waals surface area contributed by atoms with Crippen LogP contribution >= 0.6 is 0 Å². The van der Waals surface area contributed by atoms with Gasteiger partial charge in [-0.1, -0.05) is 50.2 Å². The van der Waals surface area contributed by atoms with Crippen LogP contribution in [0.5, 0.6) is 0 Å². The number of para-hydroxylation sites is 1. The molecule has 0 unspecified atom stereocenters. The largest absolute Gasteiger partial charge is 0.341 e. The predicted octanol–water partition coefficient (Wildman–Crippen LogP) is 4.68. The van der Waals surface area contributed by atoms with Gasteiger partial charge in [-0.2, -0.15) is 0 Å². The fraction of sp³-hybridized carbons (Fsp3) is 0.583. The Balaban J connectivity index is 1.09. The normalized spacial score (nSPS) is 20.6. The maximum absolute atomic E-state index is 14.0. The Labute approximate surface area is 268 Å². The van der Waals surface area contributed by atoms with Crippen molar-refractivity contribution in [1.82, 2.24) is 24.9 Å². The zero-order valence-corrected chi connectivity index (χ0v) is 27.1. The van der Waals surface area contributed by atoms with E-state index in [0.29, 0.717) is 32.1 Å². The van der Waals surface area contributed by atoms with Crippen LogP contribution in [0.25, 0.3) is 0 Å². The fourth-order valence-electron chi connectivity index (χ4n) is 7.65. The Kier molecular flexibility index (Phi) is 9.93. The Bertz CT molecular complexity index is 1360. The van der Waals surface area contributed by atoms with Gasteiger partial charge in [0.1, 0.15) is 6.04 Å². The highest BCUT2D eigenvalue weighted by molar-refractivity contribution is 5.91. The molecule has 1 atom stereocenters. The lowest BCUT2D eigenvalue weighted by molar-refractivity contribution is -0.135. The van der Waals surface area contributed by atoms with E-state index in [1.165, 1.54) is 30.6 Å². The van der Waals surface area contributed by atoms with Crippen LogP contribution in [0.1, 0.15) is 68.2 Å². The van der Waals surface area contributed by atoms with Crippen molar-refractivity contribution >= 4 is 23.7 Å². The minimum Gasteiger partial charge on any atom is -0.341 e. The molecule has 9 heteroatoms. The molecule has 242 valence electrons. The molecule has 0 spiro atoms. The van der Waals surface area contributed by atoms with Crippen LogP contribution < -0.4 is 10.6 Å². The monoisotopic (exact) mass is 614 g/mol. The standard InChI is InChI=1S/C36H50N6O3/c1-3-27-11-10-26(24-28(27)4-2)25-33(34(43)40-19-13-30(14-20-40)39-17-7-18-39)38-35(44)41-21-15-31(16-22-41)42-23-12-29-8-5-6-9-32(29)37-36(42)45/h5-6,8-11,24,30-31,33H,3-4,7,12-23,25H2,1-2H3,(H,37,45)(H,38,44)/t33-/m1/s1. The first-order valence-corrected chi connectivity index (χ1v) is 17.3. The van der Waals surface area contributed by atoms with Gasteiger partial charge in [0.2, 0.25) is 5.91 Å². The summed E-state index contributed by atoms with van der Waals surface area (Å²) in [5, 5.41) is 6.25. The Morgan fingerprint density at radius 3 is 2.22 bits per heavy atom. The molecule has 9 nitrogen and oxygen atoms in total. The van der Waals surface area contributed by atoms with E-state index >= 15 is 0 Å². The van der Waals surface area contributed by atoms with Gasteiger partial charge in [0, 0.05) is 56.9 Å². The Hall–Kier alpha value is -3.59. The van der Waals surface area contributed by atoms with Gasteiger partial charge in [-0.3, -0.25) is 4.79 Å². The number of fused-ring (bicyclic) bond motifs is 1. The first-order valence-electron chi connectivity index (χ1n) is 17.3. The highest BCUT2D eigenvalue weighted by atomic mass is 16.2. The van der Waals surface area contributed by atoms with Gasteiger partial charge >= 0.3 is 12.1 Å². The van der Waals surface area contributed by atoms with Crippen molar-refractivity contribution in [2.24, 2.45) is 0 Å². The summed E-state index contributed by atoms with van der Waals surface area (Å²) >= 11 is 0. The summed E-state index contributed by atoms with van der Waals surface area (Å²) in [6, 6.07) is 14.3. The van der Waals surface area contributed by atoms with Crippen molar-refractivity contribution in [1.29, 1.82) is 0 Å². The van der Waals surface area contributed by atoms with E-state index in [-0.39, 0.29) is 24.0 Å². The highest BCUT2D eigenvalue weighted by Crippen LogP contribution is 2.26. The van der Waals surface area contributed by atoms with E-state index < -0.39 is 6.04 Å². The SMILES string of the molecule is CCc1ccc(C[C@@H](NC(=O)N2CCC(N3CCc4ccccc4NC3=O)CC2)C(=O)N2CCC(N3CCC3)CC2)cc1CC. The number of nitrogens with zero attached hydrogens (tertiary/aromatic N) is 4. The summed E-state index contributed by atoms with van der Waals surface area (Å²) in [5.41, 5.74) is 5.78. The molecule has 4 aliphatic rings. The smallest absolute Gasteiger partial charge is 0.322 e. The van der Waals surface area contributed by atoms with Gasteiger partial charge in [0.05, 0.1) is 0 Å². The van der Waals surface area contributed by atoms with Crippen LogP contribution in [0.3, 0.4) is 0 Å². The van der Waals surface area contributed by atoms with Crippen LogP contribution in [-0.2, 0) is 30.5 Å². The van der Waals surface area contributed by atoms with Crippen LogP contribution in [0, 0.1) is 0 Å². The van der Waals surface area contributed by atoms with E-state index in [1.54, 1.807) is 0 Å². The summed E-state index contributed by atoms with van der Waals surface area (Å²) in [4.78, 5) is 49.1. The molecule has 0 saturated carbocycles. The molecule has 0 radical (unpaired) electrons. The van der Waals surface area contributed by atoms with Gasteiger partial charge in [-0.25, -0.2) is 9.59 Å². The molecular formula is C36H50N6O3. The highest BCUT2D eigenvalue weighted by Gasteiger charge is 2.35. The molecule has 3 saturated heterocycles. The average molecular weight is 615 g/mol. The summed E-state index contributed by atoms with van der Waals surface area (Å²) in [6.07, 6.45) is 7.95. The topological polar surface area (TPSA) is 88.2 Å². The van der Waals surface area contributed by atoms with E-state index in [2.05, 4.69) is 53.6 Å². The van der Waals surface area contributed by atoms with Crippen molar-refractivity contribution in [2.45, 2.75) is 89.8 Å². The van der Waals surface area contributed by atoms with Gasteiger partial charge in [-0.05, 0) is 92.8 Å². The molecular weight excluding hydrogens is 564 g/mol. The minimum absolute atomic E-state index is 0.0266. The molecule has 0 aromatic heterocycles. The van der Waals surface area contributed by atoms with E-state index in [1.807, 2.05) is 32.9 Å².